The van der Waals surface area contributed by atoms with Crippen molar-refractivity contribution in [1.29, 1.82) is 0 Å². The lowest BCUT2D eigenvalue weighted by atomic mass is 9.99. The van der Waals surface area contributed by atoms with Crippen LogP contribution >= 0.6 is 0 Å². The number of allylic oxidation sites excluding steroid dienone is 18. The van der Waals surface area contributed by atoms with Crippen molar-refractivity contribution in [3.05, 3.63) is 109 Å². The summed E-state index contributed by atoms with van der Waals surface area (Å²) in [5, 5.41) is 30.7. The van der Waals surface area contributed by atoms with Gasteiger partial charge in [0.2, 0.25) is 0 Å². The molecule has 0 aromatic rings. The maximum atomic E-state index is 12.9. The van der Waals surface area contributed by atoms with E-state index in [1.807, 2.05) is 0 Å². The molecule has 64 heavy (non-hydrogen) atoms. The highest BCUT2D eigenvalue weighted by Crippen LogP contribution is 2.26. The zero-order valence-electron chi connectivity index (χ0n) is 38.8. The van der Waals surface area contributed by atoms with Gasteiger partial charge in [-0.3, -0.25) is 9.35 Å². The molecule has 0 aromatic heterocycles. The van der Waals surface area contributed by atoms with Gasteiger partial charge in [0.15, 0.2) is 6.29 Å². The zero-order chi connectivity index (χ0) is 46.8. The van der Waals surface area contributed by atoms with Crippen LogP contribution in [0.4, 0.5) is 0 Å². The maximum absolute atomic E-state index is 12.9. The van der Waals surface area contributed by atoms with E-state index in [-0.39, 0.29) is 19.6 Å². The summed E-state index contributed by atoms with van der Waals surface area (Å²) in [7, 11) is -5.08. The van der Waals surface area contributed by atoms with Crippen LogP contribution in [-0.2, 0) is 38.3 Å². The van der Waals surface area contributed by atoms with Gasteiger partial charge in [0, 0.05) is 13.0 Å². The van der Waals surface area contributed by atoms with E-state index in [4.69, 9.17) is 18.9 Å². The van der Waals surface area contributed by atoms with Gasteiger partial charge in [-0.1, -0.05) is 149 Å². The first-order valence-electron chi connectivity index (χ1n) is 23.6. The quantitative estimate of drug-likeness (QED) is 0.0199. The van der Waals surface area contributed by atoms with E-state index in [1.165, 1.54) is 0 Å². The average Bonchev–Trinajstić information content (AvgIpc) is 3.27. The number of hydrogen-bond acceptors (Lipinski definition) is 11. The lowest BCUT2D eigenvalue weighted by Gasteiger charge is -2.41. The third-order valence-electron chi connectivity index (χ3n) is 9.89. The summed E-state index contributed by atoms with van der Waals surface area (Å²) in [6.07, 6.45) is 48.3. The van der Waals surface area contributed by atoms with E-state index in [9.17, 15) is 33.1 Å². The molecule has 1 aliphatic rings. The minimum Gasteiger partial charge on any atom is -0.457 e. The summed E-state index contributed by atoms with van der Waals surface area (Å²) in [6, 6.07) is 0. The number of carbonyl (C=O) groups is 1. The van der Waals surface area contributed by atoms with Gasteiger partial charge < -0.3 is 34.3 Å². The first-order chi connectivity index (χ1) is 31.1. The van der Waals surface area contributed by atoms with Crippen LogP contribution in [-0.4, -0.2) is 97.5 Å². The van der Waals surface area contributed by atoms with Gasteiger partial charge in [0.25, 0.3) is 0 Å². The van der Waals surface area contributed by atoms with Crippen LogP contribution in [0.3, 0.4) is 0 Å². The van der Waals surface area contributed by atoms with Crippen molar-refractivity contribution < 1.29 is 56.2 Å². The normalized spacial score (nSPS) is 20.8. The highest BCUT2D eigenvalue weighted by molar-refractivity contribution is 7.80. The number of carbonyl (C=O) groups excluding carboxylic acids is 1. The fourth-order valence-corrected chi connectivity index (χ4v) is 6.90. The third-order valence-corrected chi connectivity index (χ3v) is 10.4. The van der Waals surface area contributed by atoms with Crippen molar-refractivity contribution in [3.8, 4) is 0 Å². The number of ether oxygens (including phenoxy) is 4. The van der Waals surface area contributed by atoms with Crippen molar-refractivity contribution in [1.82, 2.24) is 0 Å². The highest BCUT2D eigenvalue weighted by atomic mass is 32.3. The fourth-order valence-electron chi connectivity index (χ4n) is 6.39. The molecule has 0 amide bonds. The first kappa shape index (κ1) is 58.8. The number of aliphatic hydroxyl groups is 3. The van der Waals surface area contributed by atoms with E-state index in [0.717, 1.165) is 116 Å². The number of esters is 1. The van der Waals surface area contributed by atoms with Crippen molar-refractivity contribution >= 4 is 16.4 Å². The molecule has 1 aliphatic heterocycles. The lowest BCUT2D eigenvalue weighted by Crippen LogP contribution is -2.60. The summed E-state index contributed by atoms with van der Waals surface area (Å²) in [4.78, 5) is 12.9. The van der Waals surface area contributed by atoms with Gasteiger partial charge >= 0.3 is 16.4 Å². The van der Waals surface area contributed by atoms with Crippen LogP contribution in [0.5, 0.6) is 0 Å². The van der Waals surface area contributed by atoms with Gasteiger partial charge in [-0.25, -0.2) is 4.18 Å². The topological polar surface area (TPSA) is 178 Å². The summed E-state index contributed by atoms with van der Waals surface area (Å²) in [5.74, 6) is -0.435. The van der Waals surface area contributed by atoms with Crippen molar-refractivity contribution in [2.24, 2.45) is 0 Å². The Morgan fingerprint density at radius 1 is 0.594 bits per heavy atom. The minimum atomic E-state index is -5.08. The number of hydrogen-bond donors (Lipinski definition) is 4. The molecule has 0 aliphatic carbocycles. The lowest BCUT2D eigenvalue weighted by molar-refractivity contribution is -0.301. The maximum Gasteiger partial charge on any atom is 0.397 e. The van der Waals surface area contributed by atoms with Crippen LogP contribution in [0.15, 0.2) is 109 Å². The molecule has 1 rings (SSSR count). The molecule has 1 saturated heterocycles. The van der Waals surface area contributed by atoms with Gasteiger partial charge in [-0.05, 0) is 96.3 Å². The van der Waals surface area contributed by atoms with Crippen molar-refractivity contribution in [2.45, 2.75) is 179 Å². The Morgan fingerprint density at radius 3 is 1.50 bits per heavy atom. The SMILES string of the molecule is CC/C=C\C/C=C\C/C=C\C/C=C\C/C=C\CCCCCCCC(=O)OC(COCCCCC/C=C\C/C=C\C/C=C\C/C=C\CC)COC1OC(CO)C(O)C(OS(=O)(=O)O)C1O. The van der Waals surface area contributed by atoms with E-state index >= 15 is 0 Å². The molecular weight excluding hydrogens is 837 g/mol. The Morgan fingerprint density at radius 2 is 1.03 bits per heavy atom. The predicted octanol–water partition coefficient (Wildman–Crippen LogP) is 10.4. The Hall–Kier alpha value is -3.24. The molecule has 1 heterocycles. The Bertz CT molecular complexity index is 1530. The molecule has 0 aromatic carbocycles. The molecule has 0 saturated carbocycles. The van der Waals surface area contributed by atoms with E-state index in [2.05, 4.69) is 127 Å². The number of aliphatic hydroxyl groups excluding tert-OH is 3. The molecule has 13 heteroatoms. The van der Waals surface area contributed by atoms with Crippen molar-refractivity contribution in [3.63, 3.8) is 0 Å². The van der Waals surface area contributed by atoms with Crippen LogP contribution in [0.25, 0.3) is 0 Å². The van der Waals surface area contributed by atoms with Gasteiger partial charge in [0.05, 0.1) is 19.8 Å². The van der Waals surface area contributed by atoms with Gasteiger partial charge in [-0.2, -0.15) is 8.42 Å². The summed E-state index contributed by atoms with van der Waals surface area (Å²) in [6.45, 7) is 3.63. The fraction of sp³-hybridized carbons (Fsp3) is 0.627. The number of rotatable bonds is 39. The monoisotopic (exact) mass is 919 g/mol. The molecule has 12 nitrogen and oxygen atoms in total. The first-order valence-corrected chi connectivity index (χ1v) is 25.0. The van der Waals surface area contributed by atoms with Crippen LogP contribution in [0.2, 0.25) is 0 Å². The third kappa shape index (κ3) is 34.2. The van der Waals surface area contributed by atoms with Crippen LogP contribution in [0.1, 0.15) is 142 Å². The smallest absolute Gasteiger partial charge is 0.397 e. The molecular formula is C51H82O12S. The molecule has 1 fully saturated rings. The van der Waals surface area contributed by atoms with E-state index in [1.54, 1.807) is 0 Å². The highest BCUT2D eigenvalue weighted by Gasteiger charge is 2.48. The molecule has 0 bridgehead atoms. The predicted molar refractivity (Wildman–Crippen MR) is 257 cm³/mol. The molecule has 364 valence electrons. The average molecular weight is 919 g/mol. The van der Waals surface area contributed by atoms with Crippen LogP contribution in [0, 0.1) is 0 Å². The largest absolute Gasteiger partial charge is 0.457 e. The Labute approximate surface area is 386 Å². The number of unbranched alkanes of at least 4 members (excludes halogenated alkanes) is 8. The second-order valence-corrected chi connectivity index (χ2v) is 16.6. The van der Waals surface area contributed by atoms with E-state index in [0.29, 0.717) is 13.0 Å². The molecule has 0 spiro atoms. The molecule has 0 radical (unpaired) electrons. The minimum absolute atomic E-state index is 0.00176. The standard InChI is InChI=1S/C51H82O12S/c1-3-5-7-9-11-13-15-17-19-21-22-23-24-25-26-28-30-32-34-36-38-40-47(53)61-45(44-60-51-49(55)50(63-64(56,57)58)48(54)46(42-52)62-51)43-59-41-39-37-35-33-31-29-27-20-18-16-14-12-10-8-6-4-2/h5-8,11-14,17-20,22-23,25-26,29,31,45-46,48-52,54-55H,3-4,9-10,15-16,21,24,27-28,30,32-44H2,1-2H3,(H,56,57,58)/b7-5-,8-6-,13-11-,14-12-,19-17-,20-18-,23-22-,26-25-,31-29-. The Balaban J connectivity index is 2.46. The Kier molecular flexibility index (Phi) is 37.8. The van der Waals surface area contributed by atoms with Gasteiger partial charge in [-0.15, -0.1) is 0 Å². The van der Waals surface area contributed by atoms with Crippen LogP contribution < -0.4 is 0 Å². The van der Waals surface area contributed by atoms with E-state index < -0.39 is 59.8 Å². The van der Waals surface area contributed by atoms with Crippen molar-refractivity contribution in [2.75, 3.05) is 26.4 Å². The molecule has 4 N–H and O–H groups in total. The molecule has 6 atom stereocenters. The van der Waals surface area contributed by atoms with Gasteiger partial charge in [0.1, 0.15) is 30.5 Å². The summed E-state index contributed by atoms with van der Waals surface area (Å²) in [5.41, 5.74) is 0. The summed E-state index contributed by atoms with van der Waals surface area (Å²) < 4.78 is 59.1. The molecule has 6 unspecified atom stereocenters. The summed E-state index contributed by atoms with van der Waals surface area (Å²) >= 11 is 0. The second-order valence-electron chi connectivity index (χ2n) is 15.6. The zero-order valence-corrected chi connectivity index (χ0v) is 39.6. The second kappa shape index (κ2) is 41.2.